The van der Waals surface area contributed by atoms with Gasteiger partial charge >= 0.3 is 0 Å². The summed E-state index contributed by atoms with van der Waals surface area (Å²) in [5, 5.41) is 1.34. The van der Waals surface area contributed by atoms with Gasteiger partial charge in [0.05, 0.1) is 0 Å². The second kappa shape index (κ2) is 5.55. The third-order valence-electron chi connectivity index (χ3n) is 2.24. The molecule has 0 spiro atoms. The molecule has 0 radical (unpaired) electrons. The SMILES string of the molecule is C=C(C)CCC(N)c1cc(Cl)ccc1Cl. The molecule has 0 aliphatic carbocycles. The molecule has 1 atom stereocenters. The second-order valence-electron chi connectivity index (χ2n) is 3.77. The van der Waals surface area contributed by atoms with E-state index in [0.717, 1.165) is 24.0 Å². The van der Waals surface area contributed by atoms with Crippen molar-refractivity contribution in [3.8, 4) is 0 Å². The van der Waals surface area contributed by atoms with E-state index in [-0.39, 0.29) is 6.04 Å². The van der Waals surface area contributed by atoms with Crippen LogP contribution in [0, 0.1) is 0 Å². The Labute approximate surface area is 101 Å². The number of allylic oxidation sites excluding steroid dienone is 1. The monoisotopic (exact) mass is 243 g/mol. The smallest absolute Gasteiger partial charge is 0.0454 e. The van der Waals surface area contributed by atoms with Gasteiger partial charge in [0.25, 0.3) is 0 Å². The van der Waals surface area contributed by atoms with Crippen LogP contribution >= 0.6 is 23.2 Å². The predicted molar refractivity (Wildman–Crippen MR) is 67.4 cm³/mol. The third kappa shape index (κ3) is 3.86. The highest BCUT2D eigenvalue weighted by Crippen LogP contribution is 2.28. The van der Waals surface area contributed by atoms with Crippen LogP contribution in [-0.2, 0) is 0 Å². The Balaban J connectivity index is 2.76. The minimum Gasteiger partial charge on any atom is -0.324 e. The van der Waals surface area contributed by atoms with Gasteiger partial charge < -0.3 is 5.73 Å². The highest BCUT2D eigenvalue weighted by Gasteiger charge is 2.10. The zero-order valence-electron chi connectivity index (χ0n) is 8.76. The van der Waals surface area contributed by atoms with Crippen molar-refractivity contribution in [1.29, 1.82) is 0 Å². The Morgan fingerprint density at radius 3 is 2.73 bits per heavy atom. The van der Waals surface area contributed by atoms with E-state index in [0.29, 0.717) is 10.0 Å². The van der Waals surface area contributed by atoms with E-state index in [1.807, 2.05) is 13.0 Å². The molecular formula is C12H15Cl2N. The molecule has 0 heterocycles. The molecule has 0 aromatic heterocycles. The lowest BCUT2D eigenvalue weighted by Gasteiger charge is -2.13. The fourth-order valence-corrected chi connectivity index (χ4v) is 1.79. The van der Waals surface area contributed by atoms with Gasteiger partial charge in [-0.1, -0.05) is 28.8 Å². The Kier molecular flexibility index (Phi) is 4.65. The van der Waals surface area contributed by atoms with Crippen LogP contribution in [0.3, 0.4) is 0 Å². The minimum atomic E-state index is -0.0760. The Bertz CT molecular complexity index is 361. The lowest BCUT2D eigenvalue weighted by atomic mass is 10.0. The molecule has 1 nitrogen and oxygen atoms in total. The van der Waals surface area contributed by atoms with E-state index in [2.05, 4.69) is 6.58 Å². The standard InChI is InChI=1S/C12H15Cl2N/c1-8(2)3-6-12(15)10-7-9(13)4-5-11(10)14/h4-5,7,12H,1,3,6,15H2,2H3. The molecule has 15 heavy (non-hydrogen) atoms. The van der Waals surface area contributed by atoms with Crippen molar-refractivity contribution in [2.75, 3.05) is 0 Å². The highest BCUT2D eigenvalue weighted by atomic mass is 35.5. The topological polar surface area (TPSA) is 26.0 Å². The average Bonchev–Trinajstić information content (AvgIpc) is 2.18. The number of hydrogen-bond acceptors (Lipinski definition) is 1. The van der Waals surface area contributed by atoms with Crippen molar-refractivity contribution in [2.24, 2.45) is 5.73 Å². The Morgan fingerprint density at radius 1 is 1.47 bits per heavy atom. The molecule has 1 aromatic rings. The molecule has 0 aliphatic heterocycles. The highest BCUT2D eigenvalue weighted by molar-refractivity contribution is 6.33. The maximum Gasteiger partial charge on any atom is 0.0454 e. The summed E-state index contributed by atoms with van der Waals surface area (Å²) < 4.78 is 0. The number of rotatable bonds is 4. The molecule has 1 rings (SSSR count). The largest absolute Gasteiger partial charge is 0.324 e. The number of benzene rings is 1. The van der Waals surface area contributed by atoms with Gasteiger partial charge in [0.2, 0.25) is 0 Å². The molecule has 2 N–H and O–H groups in total. The molecule has 1 unspecified atom stereocenters. The van der Waals surface area contributed by atoms with Crippen LogP contribution in [0.25, 0.3) is 0 Å². The van der Waals surface area contributed by atoms with Crippen LogP contribution < -0.4 is 5.73 Å². The maximum absolute atomic E-state index is 6.05. The maximum atomic E-state index is 6.05. The summed E-state index contributed by atoms with van der Waals surface area (Å²) in [6, 6.07) is 5.29. The first kappa shape index (κ1) is 12.6. The lowest BCUT2D eigenvalue weighted by molar-refractivity contribution is 0.649. The molecule has 0 saturated heterocycles. The normalized spacial score (nSPS) is 12.5. The molecular weight excluding hydrogens is 229 g/mol. The Morgan fingerprint density at radius 2 is 2.13 bits per heavy atom. The van der Waals surface area contributed by atoms with Crippen molar-refractivity contribution in [3.63, 3.8) is 0 Å². The summed E-state index contributed by atoms with van der Waals surface area (Å²) in [4.78, 5) is 0. The van der Waals surface area contributed by atoms with Crippen LogP contribution in [0.1, 0.15) is 31.4 Å². The van der Waals surface area contributed by atoms with Gasteiger partial charge in [-0.25, -0.2) is 0 Å². The van der Waals surface area contributed by atoms with Gasteiger partial charge in [-0.15, -0.1) is 6.58 Å². The fraction of sp³-hybridized carbons (Fsp3) is 0.333. The van der Waals surface area contributed by atoms with Gasteiger partial charge in [-0.3, -0.25) is 0 Å². The Hall–Kier alpha value is -0.500. The molecule has 82 valence electrons. The van der Waals surface area contributed by atoms with Crippen molar-refractivity contribution in [2.45, 2.75) is 25.8 Å². The fourth-order valence-electron chi connectivity index (χ4n) is 1.36. The van der Waals surface area contributed by atoms with Crippen LogP contribution in [0.5, 0.6) is 0 Å². The van der Waals surface area contributed by atoms with E-state index < -0.39 is 0 Å². The van der Waals surface area contributed by atoms with Crippen LogP contribution in [-0.4, -0.2) is 0 Å². The van der Waals surface area contributed by atoms with Crippen molar-refractivity contribution in [3.05, 3.63) is 46.0 Å². The van der Waals surface area contributed by atoms with E-state index in [1.165, 1.54) is 0 Å². The van der Waals surface area contributed by atoms with Crippen molar-refractivity contribution in [1.82, 2.24) is 0 Å². The molecule has 0 fully saturated rings. The zero-order chi connectivity index (χ0) is 11.4. The van der Waals surface area contributed by atoms with E-state index in [9.17, 15) is 0 Å². The third-order valence-corrected chi connectivity index (χ3v) is 2.82. The first-order valence-corrected chi connectivity index (χ1v) is 5.61. The average molecular weight is 244 g/mol. The molecule has 0 amide bonds. The summed E-state index contributed by atoms with van der Waals surface area (Å²) >= 11 is 11.9. The van der Waals surface area contributed by atoms with Gasteiger partial charge in [-0.05, 0) is 43.5 Å². The molecule has 1 aromatic carbocycles. The van der Waals surface area contributed by atoms with E-state index in [1.54, 1.807) is 12.1 Å². The van der Waals surface area contributed by atoms with Crippen LogP contribution in [0.2, 0.25) is 10.0 Å². The van der Waals surface area contributed by atoms with Crippen molar-refractivity contribution >= 4 is 23.2 Å². The summed E-state index contributed by atoms with van der Waals surface area (Å²) in [7, 11) is 0. The minimum absolute atomic E-state index is 0.0760. The molecule has 0 saturated carbocycles. The van der Waals surface area contributed by atoms with Crippen LogP contribution in [0.4, 0.5) is 0 Å². The van der Waals surface area contributed by atoms with Gasteiger partial charge in [0.1, 0.15) is 0 Å². The zero-order valence-corrected chi connectivity index (χ0v) is 10.3. The second-order valence-corrected chi connectivity index (χ2v) is 4.61. The molecule has 0 bridgehead atoms. The molecule has 0 aliphatic rings. The number of hydrogen-bond donors (Lipinski definition) is 1. The van der Waals surface area contributed by atoms with Gasteiger partial charge in [0.15, 0.2) is 0 Å². The quantitative estimate of drug-likeness (QED) is 0.783. The van der Waals surface area contributed by atoms with Gasteiger partial charge in [-0.2, -0.15) is 0 Å². The van der Waals surface area contributed by atoms with E-state index in [4.69, 9.17) is 28.9 Å². The van der Waals surface area contributed by atoms with E-state index >= 15 is 0 Å². The van der Waals surface area contributed by atoms with Crippen molar-refractivity contribution < 1.29 is 0 Å². The van der Waals surface area contributed by atoms with Gasteiger partial charge in [0, 0.05) is 16.1 Å². The summed E-state index contributed by atoms with van der Waals surface area (Å²) in [6.07, 6.45) is 1.75. The summed E-state index contributed by atoms with van der Waals surface area (Å²) in [5.74, 6) is 0. The first-order chi connectivity index (χ1) is 7.00. The number of halogens is 2. The summed E-state index contributed by atoms with van der Waals surface area (Å²) in [5.41, 5.74) is 8.06. The number of nitrogens with two attached hydrogens (primary N) is 1. The van der Waals surface area contributed by atoms with Crippen LogP contribution in [0.15, 0.2) is 30.4 Å². The molecule has 3 heteroatoms. The first-order valence-electron chi connectivity index (χ1n) is 4.85. The summed E-state index contributed by atoms with van der Waals surface area (Å²) in [6.45, 7) is 5.84. The predicted octanol–water partition coefficient (Wildman–Crippen LogP) is 4.35. The lowest BCUT2D eigenvalue weighted by Crippen LogP contribution is -2.10.